The lowest BCUT2D eigenvalue weighted by Crippen LogP contribution is -2.07. The first-order chi connectivity index (χ1) is 12.8. The van der Waals surface area contributed by atoms with Crippen molar-refractivity contribution in [3.63, 3.8) is 0 Å². The molecule has 0 amide bonds. The van der Waals surface area contributed by atoms with Gasteiger partial charge in [-0.05, 0) is 6.42 Å². The van der Waals surface area contributed by atoms with E-state index in [-0.39, 0.29) is 0 Å². The van der Waals surface area contributed by atoms with Crippen LogP contribution in [0.3, 0.4) is 0 Å². The standard InChI is InChI=1S/C24H48O2/c1-2-3-4-5-6-7-8-9-10-11-12-13-14-15-16-17-18-19-20-21-22-24(25)23-26-24/h25H,2-23H2,1H3. The molecule has 26 heavy (non-hydrogen) atoms. The largest absolute Gasteiger partial charge is 0.364 e. The third kappa shape index (κ3) is 16.1. The van der Waals surface area contributed by atoms with E-state index in [4.69, 9.17) is 4.74 Å². The van der Waals surface area contributed by atoms with Gasteiger partial charge in [-0.15, -0.1) is 0 Å². The van der Waals surface area contributed by atoms with E-state index >= 15 is 0 Å². The van der Waals surface area contributed by atoms with Crippen LogP contribution in [-0.4, -0.2) is 17.5 Å². The van der Waals surface area contributed by atoms with Crippen molar-refractivity contribution < 1.29 is 9.84 Å². The van der Waals surface area contributed by atoms with Crippen LogP contribution in [-0.2, 0) is 4.74 Å². The topological polar surface area (TPSA) is 32.8 Å². The van der Waals surface area contributed by atoms with Crippen molar-refractivity contribution in [3.8, 4) is 0 Å². The van der Waals surface area contributed by atoms with Crippen LogP contribution < -0.4 is 0 Å². The maximum Gasteiger partial charge on any atom is 0.189 e. The highest BCUT2D eigenvalue weighted by Crippen LogP contribution is 2.29. The quantitative estimate of drug-likeness (QED) is 0.165. The van der Waals surface area contributed by atoms with Crippen LogP contribution in [0.4, 0.5) is 0 Å². The second kappa shape index (κ2) is 17.0. The Hall–Kier alpha value is -0.0800. The number of unbranched alkanes of at least 4 members (excludes halogenated alkanes) is 19. The molecule has 0 aliphatic carbocycles. The van der Waals surface area contributed by atoms with Crippen LogP contribution in [0, 0.1) is 0 Å². The van der Waals surface area contributed by atoms with Gasteiger partial charge in [-0.25, -0.2) is 0 Å². The summed E-state index contributed by atoms with van der Waals surface area (Å²) in [6.45, 7) is 2.85. The second-order valence-corrected chi connectivity index (χ2v) is 8.70. The maximum atomic E-state index is 9.56. The number of hydrogen-bond acceptors (Lipinski definition) is 2. The highest BCUT2D eigenvalue weighted by molar-refractivity contribution is 4.78. The molecule has 1 saturated heterocycles. The van der Waals surface area contributed by atoms with E-state index in [1.165, 1.54) is 122 Å². The van der Waals surface area contributed by atoms with Crippen molar-refractivity contribution in [1.82, 2.24) is 0 Å². The smallest absolute Gasteiger partial charge is 0.189 e. The lowest BCUT2D eigenvalue weighted by atomic mass is 10.0. The third-order valence-electron chi connectivity index (χ3n) is 5.90. The molecule has 0 aromatic rings. The highest BCUT2D eigenvalue weighted by Gasteiger charge is 2.41. The summed E-state index contributed by atoms with van der Waals surface area (Å²) in [5, 5.41) is 9.56. The Morgan fingerprint density at radius 3 is 1.08 bits per heavy atom. The van der Waals surface area contributed by atoms with Gasteiger partial charge in [0, 0.05) is 6.42 Å². The van der Waals surface area contributed by atoms with E-state index in [1.807, 2.05) is 0 Å². The van der Waals surface area contributed by atoms with Crippen molar-refractivity contribution in [2.75, 3.05) is 6.61 Å². The molecule has 1 fully saturated rings. The molecule has 1 aliphatic heterocycles. The van der Waals surface area contributed by atoms with Gasteiger partial charge < -0.3 is 9.84 Å². The van der Waals surface area contributed by atoms with Crippen molar-refractivity contribution in [2.24, 2.45) is 0 Å². The minimum absolute atomic E-state index is 0.562. The van der Waals surface area contributed by atoms with E-state index < -0.39 is 5.79 Å². The molecule has 1 atom stereocenters. The highest BCUT2D eigenvalue weighted by atomic mass is 16.7. The van der Waals surface area contributed by atoms with Gasteiger partial charge in [0.2, 0.25) is 0 Å². The number of rotatable bonds is 21. The molecule has 156 valence electrons. The minimum atomic E-state index is -0.714. The summed E-state index contributed by atoms with van der Waals surface area (Å²) < 4.78 is 4.99. The van der Waals surface area contributed by atoms with Crippen LogP contribution in [0.5, 0.6) is 0 Å². The van der Waals surface area contributed by atoms with E-state index in [9.17, 15) is 5.11 Å². The molecule has 0 saturated carbocycles. The molecule has 0 spiro atoms. The Bertz CT molecular complexity index is 286. The average Bonchev–Trinajstić information content (AvgIpc) is 3.37. The number of aliphatic hydroxyl groups is 1. The second-order valence-electron chi connectivity index (χ2n) is 8.70. The first-order valence-corrected chi connectivity index (χ1v) is 12.1. The Kier molecular flexibility index (Phi) is 15.7. The molecule has 2 heteroatoms. The fourth-order valence-electron chi connectivity index (χ4n) is 3.88. The molecule has 1 rings (SSSR count). The Labute approximate surface area is 164 Å². The molecular weight excluding hydrogens is 320 g/mol. The van der Waals surface area contributed by atoms with Crippen LogP contribution in [0.25, 0.3) is 0 Å². The van der Waals surface area contributed by atoms with Crippen molar-refractivity contribution >= 4 is 0 Å². The normalized spacial score (nSPS) is 19.2. The summed E-state index contributed by atoms with van der Waals surface area (Å²) in [5.41, 5.74) is 0. The summed E-state index contributed by atoms with van der Waals surface area (Å²) >= 11 is 0. The van der Waals surface area contributed by atoms with Gasteiger partial charge >= 0.3 is 0 Å². The zero-order valence-electron chi connectivity index (χ0n) is 17.9. The molecule has 1 N–H and O–H groups in total. The van der Waals surface area contributed by atoms with Crippen LogP contribution in [0.15, 0.2) is 0 Å². The summed E-state index contributed by atoms with van der Waals surface area (Å²) in [5.74, 6) is -0.714. The van der Waals surface area contributed by atoms with E-state index in [0.717, 1.165) is 12.8 Å². The lowest BCUT2D eigenvalue weighted by molar-refractivity contribution is 0.0265. The molecule has 1 aliphatic rings. The van der Waals surface area contributed by atoms with Gasteiger partial charge in [0.1, 0.15) is 6.61 Å². The molecule has 0 aromatic heterocycles. The van der Waals surface area contributed by atoms with Crippen LogP contribution in [0.1, 0.15) is 142 Å². The summed E-state index contributed by atoms with van der Waals surface area (Å²) in [7, 11) is 0. The molecule has 0 bridgehead atoms. The van der Waals surface area contributed by atoms with Gasteiger partial charge in [0.25, 0.3) is 0 Å². The van der Waals surface area contributed by atoms with Gasteiger partial charge in [0.05, 0.1) is 0 Å². The SMILES string of the molecule is CCCCCCCCCCCCCCCCCCCCCCC1(O)CO1. The molecule has 1 unspecified atom stereocenters. The number of hydrogen-bond donors (Lipinski definition) is 1. The van der Waals surface area contributed by atoms with Crippen LogP contribution >= 0.6 is 0 Å². The Morgan fingerprint density at radius 1 is 0.538 bits per heavy atom. The Morgan fingerprint density at radius 2 is 0.808 bits per heavy atom. The van der Waals surface area contributed by atoms with Gasteiger partial charge in [-0.1, -0.05) is 129 Å². The summed E-state index contributed by atoms with van der Waals surface area (Å²) in [4.78, 5) is 0. The third-order valence-corrected chi connectivity index (χ3v) is 5.90. The number of epoxide rings is 1. The van der Waals surface area contributed by atoms with Gasteiger partial charge in [-0.3, -0.25) is 0 Å². The zero-order chi connectivity index (χ0) is 18.8. The van der Waals surface area contributed by atoms with Crippen molar-refractivity contribution in [3.05, 3.63) is 0 Å². The monoisotopic (exact) mass is 368 g/mol. The molecule has 0 radical (unpaired) electrons. The Balaban J connectivity index is 1.61. The summed E-state index contributed by atoms with van der Waals surface area (Å²) in [6.07, 6.45) is 29.1. The molecule has 1 heterocycles. The first-order valence-electron chi connectivity index (χ1n) is 12.1. The fourth-order valence-corrected chi connectivity index (χ4v) is 3.88. The molecule has 0 aromatic carbocycles. The fraction of sp³-hybridized carbons (Fsp3) is 1.00. The van der Waals surface area contributed by atoms with E-state index in [1.54, 1.807) is 0 Å². The van der Waals surface area contributed by atoms with Crippen LogP contribution in [0.2, 0.25) is 0 Å². The van der Waals surface area contributed by atoms with Gasteiger partial charge in [-0.2, -0.15) is 0 Å². The molecule has 2 nitrogen and oxygen atoms in total. The zero-order valence-corrected chi connectivity index (χ0v) is 17.9. The predicted molar refractivity (Wildman–Crippen MR) is 114 cm³/mol. The number of ether oxygens (including phenoxy) is 1. The first kappa shape index (κ1) is 24.0. The van der Waals surface area contributed by atoms with Gasteiger partial charge in [0.15, 0.2) is 5.79 Å². The maximum absolute atomic E-state index is 9.56. The van der Waals surface area contributed by atoms with E-state index in [2.05, 4.69) is 6.92 Å². The van der Waals surface area contributed by atoms with Crippen molar-refractivity contribution in [1.29, 1.82) is 0 Å². The minimum Gasteiger partial charge on any atom is -0.364 e. The lowest BCUT2D eigenvalue weighted by Gasteiger charge is -2.05. The molecular formula is C24H48O2. The predicted octanol–water partition coefficient (Wildman–Crippen LogP) is 7.92. The summed E-state index contributed by atoms with van der Waals surface area (Å²) in [6, 6.07) is 0. The average molecular weight is 369 g/mol. The van der Waals surface area contributed by atoms with Crippen molar-refractivity contribution in [2.45, 2.75) is 148 Å². The van der Waals surface area contributed by atoms with E-state index in [0.29, 0.717) is 6.61 Å².